The molecule has 0 radical (unpaired) electrons. The number of thiazole rings is 1. The lowest BCUT2D eigenvalue weighted by Crippen LogP contribution is -2.38. The molecule has 3 aromatic rings. The van der Waals surface area contributed by atoms with Crippen molar-refractivity contribution >= 4 is 41.2 Å². The van der Waals surface area contributed by atoms with Crippen LogP contribution in [-0.4, -0.2) is 23.1 Å². The van der Waals surface area contributed by atoms with Gasteiger partial charge in [-0.25, -0.2) is 0 Å². The lowest BCUT2D eigenvalue weighted by atomic mass is 10.1. The highest BCUT2D eigenvalue weighted by Crippen LogP contribution is 2.36. The van der Waals surface area contributed by atoms with Crippen LogP contribution in [0.1, 0.15) is 35.2 Å². The number of carbonyl (C=O) groups is 2. The van der Waals surface area contributed by atoms with Gasteiger partial charge in [-0.15, -0.1) is 0 Å². The minimum atomic E-state index is -0.505. The van der Waals surface area contributed by atoms with Gasteiger partial charge in [0.1, 0.15) is 16.9 Å². The molecule has 0 saturated carbocycles. The summed E-state index contributed by atoms with van der Waals surface area (Å²) in [5.74, 6) is 0.766. The van der Waals surface area contributed by atoms with E-state index in [9.17, 15) is 9.59 Å². The standard InChI is InChI=1S/C21H19N3O4S2/c1-3-27-16-11-13(9-10-15(16)28-12(2)25)18-22-19-17(20(26)23-18)30-21(29)24(19)14-7-5-4-6-8-14/h4-11,18,22H,3H2,1-2H3,(H,23,26). The number of rotatable bonds is 5. The summed E-state index contributed by atoms with van der Waals surface area (Å²) in [5.41, 5.74) is 1.63. The number of aromatic nitrogens is 1. The number of fused-ring (bicyclic) bond motifs is 1. The maximum atomic E-state index is 12.8. The number of nitrogens with zero attached hydrogens (tertiary/aromatic N) is 1. The number of anilines is 1. The molecule has 2 aromatic carbocycles. The number of benzene rings is 2. The first-order chi connectivity index (χ1) is 14.5. The molecule has 1 unspecified atom stereocenters. The Kier molecular flexibility index (Phi) is 5.56. The highest BCUT2D eigenvalue weighted by atomic mass is 32.1. The molecule has 154 valence electrons. The Morgan fingerprint density at radius 2 is 1.93 bits per heavy atom. The van der Waals surface area contributed by atoms with E-state index in [2.05, 4.69) is 10.6 Å². The second-order valence-corrected chi connectivity index (χ2v) is 8.14. The van der Waals surface area contributed by atoms with Crippen LogP contribution in [0.2, 0.25) is 0 Å². The predicted octanol–water partition coefficient (Wildman–Crippen LogP) is 4.45. The minimum Gasteiger partial charge on any atom is -0.490 e. The van der Waals surface area contributed by atoms with E-state index in [-0.39, 0.29) is 5.91 Å². The molecule has 30 heavy (non-hydrogen) atoms. The Hall–Kier alpha value is -3.17. The van der Waals surface area contributed by atoms with Crippen molar-refractivity contribution in [3.63, 3.8) is 0 Å². The fraction of sp³-hybridized carbons (Fsp3) is 0.190. The number of carbonyl (C=O) groups excluding carboxylic acids is 2. The van der Waals surface area contributed by atoms with Crippen molar-refractivity contribution in [2.75, 3.05) is 11.9 Å². The molecule has 1 amide bonds. The SMILES string of the molecule is CCOc1cc(C2NC(=O)c3sc(=S)n(-c4ccccc4)c3N2)ccc1OC(C)=O. The number of ether oxygens (including phenoxy) is 2. The van der Waals surface area contributed by atoms with Crippen LogP contribution in [0.25, 0.3) is 5.69 Å². The van der Waals surface area contributed by atoms with Gasteiger partial charge in [-0.3, -0.25) is 14.2 Å². The van der Waals surface area contributed by atoms with E-state index in [1.54, 1.807) is 18.2 Å². The zero-order chi connectivity index (χ0) is 21.3. The van der Waals surface area contributed by atoms with Crippen molar-refractivity contribution in [3.05, 3.63) is 62.9 Å². The summed E-state index contributed by atoms with van der Waals surface area (Å²) in [4.78, 5) is 24.7. The van der Waals surface area contributed by atoms with Crippen molar-refractivity contribution in [1.29, 1.82) is 0 Å². The minimum absolute atomic E-state index is 0.207. The zero-order valence-corrected chi connectivity index (χ0v) is 17.9. The van der Waals surface area contributed by atoms with Crippen LogP contribution in [0, 0.1) is 3.95 Å². The highest BCUT2D eigenvalue weighted by molar-refractivity contribution is 7.73. The average Bonchev–Trinajstić information content (AvgIpc) is 3.06. The third-order valence-corrected chi connectivity index (χ3v) is 5.82. The van der Waals surface area contributed by atoms with Crippen LogP contribution >= 0.6 is 23.6 Å². The van der Waals surface area contributed by atoms with Crippen LogP contribution in [0.5, 0.6) is 11.5 Å². The van der Waals surface area contributed by atoms with E-state index >= 15 is 0 Å². The third-order valence-electron chi connectivity index (χ3n) is 4.44. The van der Waals surface area contributed by atoms with Crippen LogP contribution in [0.3, 0.4) is 0 Å². The molecule has 0 fully saturated rings. The number of para-hydroxylation sites is 1. The van der Waals surface area contributed by atoms with Gasteiger partial charge < -0.3 is 20.1 Å². The van der Waals surface area contributed by atoms with E-state index in [0.29, 0.717) is 32.8 Å². The van der Waals surface area contributed by atoms with Crippen LogP contribution in [-0.2, 0) is 4.79 Å². The lowest BCUT2D eigenvalue weighted by molar-refractivity contribution is -0.132. The number of nitrogens with one attached hydrogen (secondary N) is 2. The maximum absolute atomic E-state index is 12.8. The Morgan fingerprint density at radius 3 is 2.63 bits per heavy atom. The van der Waals surface area contributed by atoms with Gasteiger partial charge in [0.25, 0.3) is 5.91 Å². The van der Waals surface area contributed by atoms with Gasteiger partial charge in [0, 0.05) is 12.6 Å². The summed E-state index contributed by atoms with van der Waals surface area (Å²) in [6, 6.07) is 14.8. The quantitative estimate of drug-likeness (QED) is 0.346. The average molecular weight is 442 g/mol. The molecule has 2 heterocycles. The second-order valence-electron chi connectivity index (χ2n) is 6.50. The first kappa shape index (κ1) is 20.1. The molecular weight excluding hydrogens is 422 g/mol. The first-order valence-corrected chi connectivity index (χ1v) is 10.5. The van der Waals surface area contributed by atoms with Crippen LogP contribution < -0.4 is 20.1 Å². The Morgan fingerprint density at radius 1 is 1.17 bits per heavy atom. The van der Waals surface area contributed by atoms with Crippen molar-refractivity contribution in [2.45, 2.75) is 20.0 Å². The largest absolute Gasteiger partial charge is 0.490 e. The van der Waals surface area contributed by atoms with Gasteiger partial charge in [-0.05, 0) is 49.0 Å². The number of esters is 1. The van der Waals surface area contributed by atoms with Crippen LogP contribution in [0.4, 0.5) is 5.82 Å². The molecule has 1 atom stereocenters. The van der Waals surface area contributed by atoms with E-state index < -0.39 is 12.1 Å². The lowest BCUT2D eigenvalue weighted by Gasteiger charge is -2.27. The molecule has 7 nitrogen and oxygen atoms in total. The summed E-state index contributed by atoms with van der Waals surface area (Å²) < 4.78 is 13.3. The van der Waals surface area contributed by atoms with Crippen molar-refractivity contribution in [1.82, 2.24) is 9.88 Å². The van der Waals surface area contributed by atoms with E-state index in [4.69, 9.17) is 21.7 Å². The Labute approximate surface area is 182 Å². The van der Waals surface area contributed by atoms with E-state index in [1.807, 2.05) is 41.8 Å². The van der Waals surface area contributed by atoms with E-state index in [1.165, 1.54) is 18.3 Å². The van der Waals surface area contributed by atoms with Gasteiger partial charge in [-0.2, -0.15) is 0 Å². The molecule has 0 bridgehead atoms. The molecule has 0 aliphatic carbocycles. The van der Waals surface area contributed by atoms with Crippen LogP contribution in [0.15, 0.2) is 48.5 Å². The Bertz CT molecular complexity index is 1170. The first-order valence-electron chi connectivity index (χ1n) is 9.31. The maximum Gasteiger partial charge on any atom is 0.308 e. The van der Waals surface area contributed by atoms with Gasteiger partial charge in [0.05, 0.1) is 6.61 Å². The molecule has 0 saturated heterocycles. The summed E-state index contributed by atoms with van der Waals surface area (Å²) in [6.45, 7) is 3.58. The summed E-state index contributed by atoms with van der Waals surface area (Å²) in [7, 11) is 0. The molecule has 4 rings (SSSR count). The number of hydrogen-bond acceptors (Lipinski definition) is 7. The van der Waals surface area contributed by atoms with Crippen molar-refractivity contribution < 1.29 is 19.1 Å². The highest BCUT2D eigenvalue weighted by Gasteiger charge is 2.30. The zero-order valence-electron chi connectivity index (χ0n) is 16.3. The summed E-state index contributed by atoms with van der Waals surface area (Å²) >= 11 is 6.78. The van der Waals surface area contributed by atoms with Gasteiger partial charge in [0.2, 0.25) is 0 Å². The molecular formula is C21H19N3O4S2. The van der Waals surface area contributed by atoms with Gasteiger partial charge in [0.15, 0.2) is 15.5 Å². The topological polar surface area (TPSA) is 81.6 Å². The number of hydrogen-bond donors (Lipinski definition) is 2. The van der Waals surface area contributed by atoms with Crippen molar-refractivity contribution in [3.8, 4) is 17.2 Å². The molecule has 1 aromatic heterocycles. The predicted molar refractivity (Wildman–Crippen MR) is 117 cm³/mol. The van der Waals surface area contributed by atoms with Gasteiger partial charge in [-0.1, -0.05) is 35.6 Å². The van der Waals surface area contributed by atoms with Gasteiger partial charge >= 0.3 is 5.97 Å². The monoisotopic (exact) mass is 441 g/mol. The smallest absolute Gasteiger partial charge is 0.308 e. The fourth-order valence-electron chi connectivity index (χ4n) is 3.22. The molecule has 0 spiro atoms. The van der Waals surface area contributed by atoms with Crippen molar-refractivity contribution in [2.24, 2.45) is 0 Å². The van der Waals surface area contributed by atoms with E-state index in [0.717, 1.165) is 11.3 Å². The summed E-state index contributed by atoms with van der Waals surface area (Å²) in [5, 5.41) is 6.32. The second kappa shape index (κ2) is 8.29. The molecule has 9 heteroatoms. The number of amides is 1. The normalized spacial score (nSPS) is 15.0. The molecule has 1 aliphatic heterocycles. The fourth-order valence-corrected chi connectivity index (χ4v) is 4.53. The molecule has 1 aliphatic rings. The summed E-state index contributed by atoms with van der Waals surface area (Å²) in [6.07, 6.45) is -0.505. The molecule has 2 N–H and O–H groups in total. The Balaban J connectivity index is 1.73. The third kappa shape index (κ3) is 3.81.